The van der Waals surface area contributed by atoms with Gasteiger partial charge in [-0.25, -0.2) is 0 Å². The first-order valence-electron chi connectivity index (χ1n) is 10.3. The zero-order chi connectivity index (χ0) is 19.3. The second kappa shape index (κ2) is 12.7. The van der Waals surface area contributed by atoms with Crippen LogP contribution in [0, 0.1) is 0 Å². The van der Waals surface area contributed by atoms with Crippen molar-refractivity contribution in [1.29, 1.82) is 0 Å². The smallest absolute Gasteiger partial charge is 0.191 e. The summed E-state index contributed by atoms with van der Waals surface area (Å²) < 4.78 is 5.59. The molecule has 0 amide bonds. The van der Waals surface area contributed by atoms with Crippen molar-refractivity contribution in [3.05, 3.63) is 35.9 Å². The van der Waals surface area contributed by atoms with Crippen LogP contribution in [0.3, 0.4) is 0 Å². The minimum absolute atomic E-state index is 0.285. The predicted molar refractivity (Wildman–Crippen MR) is 111 cm³/mol. The SMILES string of the molecule is CCCN1CCC(NC(=NCC(O)COCc2ccccc2)NCC)CC1. The molecule has 27 heavy (non-hydrogen) atoms. The quantitative estimate of drug-likeness (QED) is 0.430. The number of guanidine groups is 1. The third kappa shape index (κ3) is 8.73. The van der Waals surface area contributed by atoms with E-state index in [1.54, 1.807) is 0 Å². The summed E-state index contributed by atoms with van der Waals surface area (Å²) in [6.45, 7) is 9.69. The second-order valence-electron chi connectivity index (χ2n) is 7.13. The number of aliphatic imine (C=N–C) groups is 1. The summed E-state index contributed by atoms with van der Waals surface area (Å²) in [7, 11) is 0. The lowest BCUT2D eigenvalue weighted by atomic mass is 10.1. The maximum absolute atomic E-state index is 10.1. The number of hydrogen-bond donors (Lipinski definition) is 3. The van der Waals surface area contributed by atoms with Gasteiger partial charge in [-0.2, -0.15) is 0 Å². The van der Waals surface area contributed by atoms with E-state index < -0.39 is 6.10 Å². The van der Waals surface area contributed by atoms with Gasteiger partial charge >= 0.3 is 0 Å². The Hall–Kier alpha value is -1.63. The van der Waals surface area contributed by atoms with Gasteiger partial charge in [0, 0.05) is 25.7 Å². The summed E-state index contributed by atoms with van der Waals surface area (Å²) in [6.07, 6.45) is 2.88. The number of nitrogens with one attached hydrogen (secondary N) is 2. The number of aliphatic hydroxyl groups excluding tert-OH is 1. The van der Waals surface area contributed by atoms with Crippen molar-refractivity contribution in [3.63, 3.8) is 0 Å². The maximum atomic E-state index is 10.1. The maximum Gasteiger partial charge on any atom is 0.191 e. The second-order valence-corrected chi connectivity index (χ2v) is 7.13. The summed E-state index contributed by atoms with van der Waals surface area (Å²) in [5, 5.41) is 16.9. The zero-order valence-corrected chi connectivity index (χ0v) is 16.9. The summed E-state index contributed by atoms with van der Waals surface area (Å²) in [6, 6.07) is 10.4. The van der Waals surface area contributed by atoms with E-state index in [0.717, 1.165) is 44.0 Å². The molecule has 0 saturated carbocycles. The van der Waals surface area contributed by atoms with Crippen LogP contribution in [0.5, 0.6) is 0 Å². The Morgan fingerprint density at radius 2 is 2.00 bits per heavy atom. The molecule has 1 heterocycles. The van der Waals surface area contributed by atoms with Crippen molar-refractivity contribution in [2.75, 3.05) is 39.3 Å². The molecule has 1 aromatic rings. The molecule has 1 saturated heterocycles. The molecule has 1 aromatic carbocycles. The molecular weight excluding hydrogens is 340 g/mol. The average Bonchev–Trinajstić information content (AvgIpc) is 2.69. The highest BCUT2D eigenvalue weighted by atomic mass is 16.5. The third-order valence-electron chi connectivity index (χ3n) is 4.69. The van der Waals surface area contributed by atoms with Gasteiger partial charge in [0.15, 0.2) is 5.96 Å². The first kappa shape index (κ1) is 21.7. The van der Waals surface area contributed by atoms with Crippen molar-refractivity contribution in [2.45, 2.75) is 51.9 Å². The molecule has 0 radical (unpaired) electrons. The Kier molecular flexibility index (Phi) is 10.2. The molecule has 0 bridgehead atoms. The van der Waals surface area contributed by atoms with Crippen molar-refractivity contribution < 1.29 is 9.84 Å². The monoisotopic (exact) mass is 376 g/mol. The molecule has 1 atom stereocenters. The van der Waals surface area contributed by atoms with E-state index in [2.05, 4.69) is 34.4 Å². The Balaban J connectivity index is 1.70. The molecule has 6 nitrogen and oxygen atoms in total. The summed E-state index contributed by atoms with van der Waals surface area (Å²) >= 11 is 0. The normalized spacial score (nSPS) is 17.7. The first-order chi connectivity index (χ1) is 13.2. The fraction of sp³-hybridized carbons (Fsp3) is 0.667. The van der Waals surface area contributed by atoms with E-state index in [0.29, 0.717) is 19.2 Å². The molecule has 1 aliphatic rings. The zero-order valence-electron chi connectivity index (χ0n) is 16.9. The van der Waals surface area contributed by atoms with Crippen molar-refractivity contribution >= 4 is 5.96 Å². The molecule has 0 spiro atoms. The van der Waals surface area contributed by atoms with Gasteiger partial charge in [0.2, 0.25) is 0 Å². The minimum atomic E-state index is -0.601. The van der Waals surface area contributed by atoms with Crippen LogP contribution in [-0.2, 0) is 11.3 Å². The number of rotatable bonds is 10. The topological polar surface area (TPSA) is 69.1 Å². The summed E-state index contributed by atoms with van der Waals surface area (Å²) in [5.41, 5.74) is 1.11. The highest BCUT2D eigenvalue weighted by molar-refractivity contribution is 5.80. The number of likely N-dealkylation sites (tertiary alicyclic amines) is 1. The number of aliphatic hydroxyl groups is 1. The fourth-order valence-corrected chi connectivity index (χ4v) is 3.27. The van der Waals surface area contributed by atoms with Gasteiger partial charge in [-0.05, 0) is 38.3 Å². The Morgan fingerprint density at radius 1 is 1.26 bits per heavy atom. The Morgan fingerprint density at radius 3 is 2.67 bits per heavy atom. The van der Waals surface area contributed by atoms with Crippen LogP contribution in [-0.4, -0.2) is 67.4 Å². The number of nitrogens with zero attached hydrogens (tertiary/aromatic N) is 2. The molecule has 1 aliphatic heterocycles. The van der Waals surface area contributed by atoms with Crippen LogP contribution in [0.2, 0.25) is 0 Å². The minimum Gasteiger partial charge on any atom is -0.389 e. The fourth-order valence-electron chi connectivity index (χ4n) is 3.27. The number of ether oxygens (including phenoxy) is 1. The molecule has 0 aliphatic carbocycles. The van der Waals surface area contributed by atoms with Gasteiger partial charge in [0.1, 0.15) is 0 Å². The average molecular weight is 377 g/mol. The molecule has 0 aromatic heterocycles. The lowest BCUT2D eigenvalue weighted by Crippen LogP contribution is -2.49. The van der Waals surface area contributed by atoms with Gasteiger partial charge < -0.3 is 25.4 Å². The van der Waals surface area contributed by atoms with Crippen LogP contribution in [0.15, 0.2) is 35.3 Å². The summed E-state index contributed by atoms with van der Waals surface area (Å²) in [4.78, 5) is 7.06. The van der Waals surface area contributed by atoms with Gasteiger partial charge in [-0.1, -0.05) is 37.3 Å². The molecule has 1 fully saturated rings. The molecule has 2 rings (SSSR count). The predicted octanol–water partition coefficient (Wildman–Crippen LogP) is 1.99. The van der Waals surface area contributed by atoms with Crippen LogP contribution in [0.25, 0.3) is 0 Å². The lowest BCUT2D eigenvalue weighted by Gasteiger charge is -2.32. The van der Waals surface area contributed by atoms with Gasteiger partial charge in [0.25, 0.3) is 0 Å². The van der Waals surface area contributed by atoms with E-state index in [-0.39, 0.29) is 6.61 Å². The standard InChI is InChI=1S/C21H36N4O2/c1-3-12-25-13-10-19(11-14-25)24-21(22-4-2)23-15-20(26)17-27-16-18-8-6-5-7-9-18/h5-9,19-20,26H,3-4,10-17H2,1-2H3,(H2,22,23,24). The molecule has 152 valence electrons. The van der Waals surface area contributed by atoms with Crippen LogP contribution in [0.4, 0.5) is 0 Å². The van der Waals surface area contributed by atoms with E-state index in [1.807, 2.05) is 30.3 Å². The van der Waals surface area contributed by atoms with Crippen molar-refractivity contribution in [2.24, 2.45) is 4.99 Å². The van der Waals surface area contributed by atoms with E-state index in [9.17, 15) is 5.11 Å². The molecular formula is C21H36N4O2. The highest BCUT2D eigenvalue weighted by Gasteiger charge is 2.19. The number of piperidine rings is 1. The first-order valence-corrected chi connectivity index (χ1v) is 10.3. The largest absolute Gasteiger partial charge is 0.389 e. The van der Waals surface area contributed by atoms with Crippen molar-refractivity contribution in [3.8, 4) is 0 Å². The molecule has 3 N–H and O–H groups in total. The molecule has 6 heteroatoms. The molecule has 1 unspecified atom stereocenters. The Bertz CT molecular complexity index is 530. The van der Waals surface area contributed by atoms with Gasteiger partial charge in [-0.3, -0.25) is 4.99 Å². The van der Waals surface area contributed by atoms with E-state index in [1.165, 1.54) is 13.0 Å². The lowest BCUT2D eigenvalue weighted by molar-refractivity contribution is 0.0331. The van der Waals surface area contributed by atoms with Crippen LogP contribution >= 0.6 is 0 Å². The van der Waals surface area contributed by atoms with E-state index >= 15 is 0 Å². The number of hydrogen-bond acceptors (Lipinski definition) is 4. The van der Waals surface area contributed by atoms with Crippen LogP contribution < -0.4 is 10.6 Å². The Labute approximate surface area is 164 Å². The number of benzene rings is 1. The third-order valence-corrected chi connectivity index (χ3v) is 4.69. The summed E-state index contributed by atoms with van der Waals surface area (Å²) in [5.74, 6) is 0.786. The van der Waals surface area contributed by atoms with Crippen molar-refractivity contribution in [1.82, 2.24) is 15.5 Å². The van der Waals surface area contributed by atoms with E-state index in [4.69, 9.17) is 4.74 Å². The van der Waals surface area contributed by atoms with Gasteiger partial charge in [0.05, 0.1) is 25.9 Å². The highest BCUT2D eigenvalue weighted by Crippen LogP contribution is 2.10. The van der Waals surface area contributed by atoms with Crippen LogP contribution in [0.1, 0.15) is 38.7 Å². The van der Waals surface area contributed by atoms with Gasteiger partial charge in [-0.15, -0.1) is 0 Å².